The zero-order valence-electron chi connectivity index (χ0n) is 10.4. The highest BCUT2D eigenvalue weighted by Crippen LogP contribution is 2.32. The first-order valence-corrected chi connectivity index (χ1v) is 6.00. The van der Waals surface area contributed by atoms with Crippen LogP contribution in [0.1, 0.15) is 39.5 Å². The van der Waals surface area contributed by atoms with Crippen LogP contribution in [0.4, 0.5) is 0 Å². The fourth-order valence-corrected chi connectivity index (χ4v) is 2.38. The molecule has 0 amide bonds. The summed E-state index contributed by atoms with van der Waals surface area (Å²) in [5.41, 5.74) is 0. The Bertz CT molecular complexity index is 270. The molecule has 0 fully saturated rings. The van der Waals surface area contributed by atoms with Crippen molar-refractivity contribution < 1.29 is 14.6 Å². The topological polar surface area (TPSA) is 46.5 Å². The van der Waals surface area contributed by atoms with E-state index in [4.69, 9.17) is 9.84 Å². The van der Waals surface area contributed by atoms with E-state index in [1.165, 1.54) is 0 Å². The second-order valence-electron chi connectivity index (χ2n) is 4.86. The summed E-state index contributed by atoms with van der Waals surface area (Å²) in [5.74, 6) is 1.25. The molecule has 0 saturated carbocycles. The Hall–Kier alpha value is -0.990. The average Bonchev–Trinajstić information content (AvgIpc) is 2.28. The average molecular weight is 226 g/mol. The number of carboxylic acid groups (broad SMARTS) is 1. The third-order valence-electron chi connectivity index (χ3n) is 3.62. The van der Waals surface area contributed by atoms with Gasteiger partial charge in [-0.2, -0.15) is 0 Å². The van der Waals surface area contributed by atoms with Gasteiger partial charge in [0, 0.05) is 6.42 Å². The predicted octanol–water partition coefficient (Wildman–Crippen LogP) is 3.06. The number of allylic oxidation sites excluding steroid dienone is 2. The molecule has 1 aliphatic rings. The van der Waals surface area contributed by atoms with Gasteiger partial charge in [-0.1, -0.05) is 13.8 Å². The zero-order chi connectivity index (χ0) is 12.1. The van der Waals surface area contributed by atoms with Gasteiger partial charge in [-0.15, -0.1) is 0 Å². The van der Waals surface area contributed by atoms with Gasteiger partial charge in [-0.25, -0.2) is 0 Å². The molecule has 0 saturated heterocycles. The minimum atomic E-state index is -0.684. The highest BCUT2D eigenvalue weighted by molar-refractivity contribution is 5.69. The monoisotopic (exact) mass is 226 g/mol. The molecule has 0 aliphatic heterocycles. The Morgan fingerprint density at radius 1 is 1.62 bits per heavy atom. The maximum absolute atomic E-state index is 10.8. The maximum Gasteiger partial charge on any atom is 0.306 e. The van der Waals surface area contributed by atoms with Crippen molar-refractivity contribution in [2.45, 2.75) is 39.5 Å². The van der Waals surface area contributed by atoms with Crippen molar-refractivity contribution in [3.63, 3.8) is 0 Å². The van der Waals surface area contributed by atoms with Gasteiger partial charge >= 0.3 is 5.97 Å². The van der Waals surface area contributed by atoms with Crippen LogP contribution in [0.15, 0.2) is 11.8 Å². The van der Waals surface area contributed by atoms with Gasteiger partial charge in [0.05, 0.1) is 18.8 Å². The Morgan fingerprint density at radius 3 is 2.75 bits per heavy atom. The van der Waals surface area contributed by atoms with Crippen LogP contribution in [0.25, 0.3) is 0 Å². The van der Waals surface area contributed by atoms with Crippen molar-refractivity contribution in [2.75, 3.05) is 7.11 Å². The molecule has 3 heteroatoms. The Labute approximate surface area is 97.5 Å². The van der Waals surface area contributed by atoms with E-state index in [9.17, 15) is 4.79 Å². The number of carbonyl (C=O) groups is 1. The predicted molar refractivity (Wildman–Crippen MR) is 63.0 cm³/mol. The maximum atomic E-state index is 10.8. The smallest absolute Gasteiger partial charge is 0.306 e. The minimum absolute atomic E-state index is 0.234. The number of rotatable bonds is 5. The van der Waals surface area contributed by atoms with Crippen LogP contribution in [0.3, 0.4) is 0 Å². The normalized spacial score (nSPS) is 24.4. The summed E-state index contributed by atoms with van der Waals surface area (Å²) in [6.07, 6.45) is 6.06. The molecule has 0 aromatic heterocycles. The van der Waals surface area contributed by atoms with E-state index in [2.05, 4.69) is 13.0 Å². The summed E-state index contributed by atoms with van der Waals surface area (Å²) in [7, 11) is 1.71. The number of carboxylic acids is 1. The molecule has 3 nitrogen and oxygen atoms in total. The summed E-state index contributed by atoms with van der Waals surface area (Å²) in [6, 6.07) is 0. The van der Waals surface area contributed by atoms with Crippen LogP contribution < -0.4 is 0 Å². The van der Waals surface area contributed by atoms with Crippen molar-refractivity contribution in [2.24, 2.45) is 17.8 Å². The van der Waals surface area contributed by atoms with E-state index >= 15 is 0 Å². The molecule has 0 bridgehead atoms. The fourth-order valence-electron chi connectivity index (χ4n) is 2.38. The molecular weight excluding hydrogens is 204 g/mol. The van der Waals surface area contributed by atoms with E-state index in [1.807, 2.05) is 0 Å². The van der Waals surface area contributed by atoms with Gasteiger partial charge in [-0.3, -0.25) is 4.79 Å². The van der Waals surface area contributed by atoms with E-state index in [0.29, 0.717) is 11.8 Å². The second-order valence-corrected chi connectivity index (χ2v) is 4.86. The molecule has 1 rings (SSSR count). The first kappa shape index (κ1) is 13.1. The highest BCUT2D eigenvalue weighted by atomic mass is 16.5. The lowest BCUT2D eigenvalue weighted by Crippen LogP contribution is -2.20. The molecule has 0 aromatic carbocycles. The summed E-state index contributed by atoms with van der Waals surface area (Å²) >= 11 is 0. The van der Waals surface area contributed by atoms with Crippen LogP contribution in [0.2, 0.25) is 0 Å². The molecular formula is C13H22O3. The van der Waals surface area contributed by atoms with Crippen LogP contribution >= 0.6 is 0 Å². The van der Waals surface area contributed by atoms with Gasteiger partial charge in [-0.05, 0) is 37.2 Å². The van der Waals surface area contributed by atoms with E-state index in [-0.39, 0.29) is 5.92 Å². The van der Waals surface area contributed by atoms with E-state index in [1.54, 1.807) is 14.0 Å². The first-order valence-electron chi connectivity index (χ1n) is 6.00. The lowest BCUT2D eigenvalue weighted by Gasteiger charge is -2.27. The second kappa shape index (κ2) is 5.92. The van der Waals surface area contributed by atoms with Crippen molar-refractivity contribution in [1.82, 2.24) is 0 Å². The van der Waals surface area contributed by atoms with Crippen molar-refractivity contribution in [3.8, 4) is 0 Å². The highest BCUT2D eigenvalue weighted by Gasteiger charge is 2.24. The third-order valence-corrected chi connectivity index (χ3v) is 3.62. The number of aliphatic carboxylic acids is 1. The lowest BCUT2D eigenvalue weighted by molar-refractivity contribution is -0.141. The quantitative estimate of drug-likeness (QED) is 0.783. The Balaban J connectivity index is 2.42. The molecule has 0 radical (unpaired) electrons. The van der Waals surface area contributed by atoms with Crippen LogP contribution in [0, 0.1) is 17.8 Å². The summed E-state index contributed by atoms with van der Waals surface area (Å²) in [4.78, 5) is 10.8. The van der Waals surface area contributed by atoms with Gasteiger partial charge in [0.2, 0.25) is 0 Å². The number of hydrogen-bond donors (Lipinski definition) is 1. The molecule has 0 heterocycles. The zero-order valence-corrected chi connectivity index (χ0v) is 10.4. The van der Waals surface area contributed by atoms with Crippen molar-refractivity contribution in [3.05, 3.63) is 11.8 Å². The van der Waals surface area contributed by atoms with E-state index in [0.717, 1.165) is 31.4 Å². The number of ether oxygens (including phenoxy) is 1. The molecule has 92 valence electrons. The van der Waals surface area contributed by atoms with Gasteiger partial charge in [0.15, 0.2) is 0 Å². The van der Waals surface area contributed by atoms with Gasteiger partial charge in [0.25, 0.3) is 0 Å². The van der Waals surface area contributed by atoms with Gasteiger partial charge in [0.1, 0.15) is 0 Å². The number of hydrogen-bond acceptors (Lipinski definition) is 2. The van der Waals surface area contributed by atoms with Crippen LogP contribution in [0.5, 0.6) is 0 Å². The SMILES string of the molecule is COC1=CCC(C(C)CC(C)C(=O)O)CC1. The van der Waals surface area contributed by atoms with Crippen LogP contribution in [-0.2, 0) is 9.53 Å². The van der Waals surface area contributed by atoms with Gasteiger partial charge < -0.3 is 9.84 Å². The van der Waals surface area contributed by atoms with Crippen molar-refractivity contribution in [1.29, 1.82) is 0 Å². The third kappa shape index (κ3) is 3.54. The number of methoxy groups -OCH3 is 1. The molecule has 3 unspecified atom stereocenters. The largest absolute Gasteiger partial charge is 0.501 e. The lowest BCUT2D eigenvalue weighted by atomic mass is 9.79. The Kier molecular flexibility index (Phi) is 4.84. The van der Waals surface area contributed by atoms with E-state index < -0.39 is 5.97 Å². The molecule has 0 spiro atoms. The molecule has 0 aromatic rings. The minimum Gasteiger partial charge on any atom is -0.501 e. The Morgan fingerprint density at radius 2 is 2.31 bits per heavy atom. The standard InChI is InChI=1S/C13H22O3/c1-9(8-10(2)13(14)15)11-4-6-12(16-3)7-5-11/h6,9-11H,4-5,7-8H2,1-3H3,(H,14,15). The fraction of sp³-hybridized carbons (Fsp3) is 0.769. The van der Waals surface area contributed by atoms with Crippen LogP contribution in [-0.4, -0.2) is 18.2 Å². The first-order chi connectivity index (χ1) is 7.54. The summed E-state index contributed by atoms with van der Waals surface area (Å²) < 4.78 is 5.21. The van der Waals surface area contributed by atoms with Crippen molar-refractivity contribution >= 4 is 5.97 Å². The summed E-state index contributed by atoms with van der Waals surface area (Å²) in [5, 5.41) is 8.88. The summed E-state index contributed by atoms with van der Waals surface area (Å²) in [6.45, 7) is 3.95. The molecule has 3 atom stereocenters. The molecule has 1 aliphatic carbocycles. The molecule has 16 heavy (non-hydrogen) atoms. The molecule has 1 N–H and O–H groups in total.